The van der Waals surface area contributed by atoms with E-state index < -0.39 is 10.0 Å². The van der Waals surface area contributed by atoms with Crippen molar-refractivity contribution in [2.75, 3.05) is 17.5 Å². The highest BCUT2D eigenvalue weighted by Crippen LogP contribution is 2.25. The van der Waals surface area contributed by atoms with E-state index in [1.54, 1.807) is 55.5 Å². The molecule has 0 aliphatic heterocycles. The number of sulfonamides is 1. The molecule has 0 atom stereocenters. The molecule has 0 unspecified atom stereocenters. The fourth-order valence-electron chi connectivity index (χ4n) is 3.03. The van der Waals surface area contributed by atoms with E-state index in [2.05, 4.69) is 5.32 Å². The number of anilines is 1. The molecule has 0 saturated heterocycles. The molecule has 3 rings (SSSR count). The van der Waals surface area contributed by atoms with Gasteiger partial charge in [-0.15, -0.1) is 0 Å². The molecule has 0 aliphatic rings. The van der Waals surface area contributed by atoms with Crippen LogP contribution in [-0.4, -0.2) is 27.5 Å². The number of nitrogens with zero attached hydrogens (tertiary/aromatic N) is 1. The third kappa shape index (κ3) is 5.86. The second kappa shape index (κ2) is 10.1. The standard InChI is InChI=1S/C24H26N2O4S/c1-3-26(31(28,29)23-15-9-19(2)10-16-23)21-11-13-22(14-12-21)30-18-24(27)25-17-20-7-5-4-6-8-20/h4-16H,3,17-18H2,1-2H3,(H,25,27). The summed E-state index contributed by atoms with van der Waals surface area (Å²) in [4.78, 5) is 12.2. The van der Waals surface area contributed by atoms with Crippen molar-refractivity contribution < 1.29 is 17.9 Å². The third-order valence-corrected chi connectivity index (χ3v) is 6.64. The van der Waals surface area contributed by atoms with Crippen LogP contribution in [0.15, 0.2) is 83.8 Å². The summed E-state index contributed by atoms with van der Waals surface area (Å²) in [5.41, 5.74) is 2.54. The Morgan fingerprint density at radius 3 is 2.19 bits per heavy atom. The van der Waals surface area contributed by atoms with Crippen molar-refractivity contribution in [2.45, 2.75) is 25.3 Å². The molecule has 0 heterocycles. The van der Waals surface area contributed by atoms with E-state index in [-0.39, 0.29) is 24.0 Å². The van der Waals surface area contributed by atoms with Crippen molar-refractivity contribution in [3.05, 3.63) is 90.0 Å². The number of ether oxygens (including phenoxy) is 1. The average molecular weight is 439 g/mol. The molecule has 0 aliphatic carbocycles. The minimum Gasteiger partial charge on any atom is -0.484 e. The highest BCUT2D eigenvalue weighted by Gasteiger charge is 2.23. The molecule has 6 nitrogen and oxygen atoms in total. The van der Waals surface area contributed by atoms with E-state index in [1.807, 2.05) is 37.3 Å². The molecule has 0 radical (unpaired) electrons. The lowest BCUT2D eigenvalue weighted by molar-refractivity contribution is -0.123. The van der Waals surface area contributed by atoms with Crippen LogP contribution in [0.1, 0.15) is 18.1 Å². The largest absolute Gasteiger partial charge is 0.484 e. The van der Waals surface area contributed by atoms with Gasteiger partial charge in [-0.2, -0.15) is 0 Å². The van der Waals surface area contributed by atoms with E-state index in [1.165, 1.54) is 4.31 Å². The zero-order valence-electron chi connectivity index (χ0n) is 17.6. The smallest absolute Gasteiger partial charge is 0.264 e. The zero-order valence-corrected chi connectivity index (χ0v) is 18.4. The van der Waals surface area contributed by atoms with Gasteiger partial charge >= 0.3 is 0 Å². The Labute approximate surface area is 183 Å². The van der Waals surface area contributed by atoms with Gasteiger partial charge in [-0.1, -0.05) is 48.0 Å². The molecule has 0 bridgehead atoms. The van der Waals surface area contributed by atoms with Gasteiger partial charge in [-0.05, 0) is 55.8 Å². The van der Waals surface area contributed by atoms with Gasteiger partial charge in [-0.3, -0.25) is 9.10 Å². The van der Waals surface area contributed by atoms with Crippen LogP contribution in [0.5, 0.6) is 5.75 Å². The lowest BCUT2D eigenvalue weighted by Crippen LogP contribution is -2.30. The molecule has 1 amide bonds. The average Bonchev–Trinajstić information content (AvgIpc) is 2.78. The Balaban J connectivity index is 1.60. The normalized spacial score (nSPS) is 11.0. The van der Waals surface area contributed by atoms with E-state index >= 15 is 0 Å². The predicted molar refractivity (Wildman–Crippen MR) is 122 cm³/mol. The molecule has 1 N–H and O–H groups in total. The van der Waals surface area contributed by atoms with Gasteiger partial charge in [0.2, 0.25) is 0 Å². The maximum atomic E-state index is 13.0. The summed E-state index contributed by atoms with van der Waals surface area (Å²) >= 11 is 0. The Morgan fingerprint density at radius 2 is 1.58 bits per heavy atom. The van der Waals surface area contributed by atoms with Crippen LogP contribution in [0, 0.1) is 6.92 Å². The number of hydrogen-bond acceptors (Lipinski definition) is 4. The van der Waals surface area contributed by atoms with Gasteiger partial charge in [-0.25, -0.2) is 8.42 Å². The highest BCUT2D eigenvalue weighted by molar-refractivity contribution is 7.92. The summed E-state index contributed by atoms with van der Waals surface area (Å²) in [6.45, 7) is 4.30. The number of rotatable bonds is 9. The molecule has 31 heavy (non-hydrogen) atoms. The molecular weight excluding hydrogens is 412 g/mol. The molecule has 3 aromatic carbocycles. The predicted octanol–water partition coefficient (Wildman–Crippen LogP) is 3.91. The third-order valence-electron chi connectivity index (χ3n) is 4.72. The molecule has 0 saturated carbocycles. The van der Waals surface area contributed by atoms with Crippen molar-refractivity contribution in [3.8, 4) is 5.75 Å². The van der Waals surface area contributed by atoms with Crippen molar-refractivity contribution in [1.29, 1.82) is 0 Å². The van der Waals surface area contributed by atoms with E-state index in [0.717, 1.165) is 11.1 Å². The first-order valence-corrected chi connectivity index (χ1v) is 11.5. The summed E-state index contributed by atoms with van der Waals surface area (Å²) in [6, 6.07) is 23.1. The van der Waals surface area contributed by atoms with Crippen molar-refractivity contribution in [1.82, 2.24) is 5.32 Å². The van der Waals surface area contributed by atoms with Gasteiger partial charge in [0.05, 0.1) is 10.6 Å². The van der Waals surface area contributed by atoms with Crippen LogP contribution in [0.3, 0.4) is 0 Å². The first kappa shape index (κ1) is 22.4. The molecule has 0 aromatic heterocycles. The fraction of sp³-hybridized carbons (Fsp3) is 0.208. The van der Waals surface area contributed by atoms with E-state index in [4.69, 9.17) is 4.74 Å². The number of carbonyl (C=O) groups excluding carboxylic acids is 1. The lowest BCUT2D eigenvalue weighted by atomic mass is 10.2. The van der Waals surface area contributed by atoms with E-state index in [0.29, 0.717) is 18.0 Å². The second-order valence-corrected chi connectivity index (χ2v) is 8.89. The maximum Gasteiger partial charge on any atom is 0.264 e. The number of nitrogens with one attached hydrogen (secondary N) is 1. The highest BCUT2D eigenvalue weighted by atomic mass is 32.2. The topological polar surface area (TPSA) is 75.7 Å². The van der Waals surface area contributed by atoms with Gasteiger partial charge in [0.25, 0.3) is 15.9 Å². The maximum absolute atomic E-state index is 13.0. The SMILES string of the molecule is CCN(c1ccc(OCC(=O)NCc2ccccc2)cc1)S(=O)(=O)c1ccc(C)cc1. The van der Waals surface area contributed by atoms with Crippen LogP contribution >= 0.6 is 0 Å². The van der Waals surface area contributed by atoms with Crippen LogP contribution in [-0.2, 0) is 21.4 Å². The van der Waals surface area contributed by atoms with Gasteiger partial charge in [0.1, 0.15) is 5.75 Å². The van der Waals surface area contributed by atoms with Crippen LogP contribution in [0.2, 0.25) is 0 Å². The van der Waals surface area contributed by atoms with Crippen LogP contribution < -0.4 is 14.4 Å². The molecule has 0 fully saturated rings. The number of benzene rings is 3. The lowest BCUT2D eigenvalue weighted by Gasteiger charge is -2.23. The van der Waals surface area contributed by atoms with Crippen molar-refractivity contribution >= 4 is 21.6 Å². The fourth-order valence-corrected chi connectivity index (χ4v) is 4.51. The van der Waals surface area contributed by atoms with Gasteiger partial charge in [0, 0.05) is 13.1 Å². The molecule has 162 valence electrons. The number of aryl methyl sites for hydroxylation is 1. The first-order chi connectivity index (χ1) is 14.9. The number of hydrogen-bond donors (Lipinski definition) is 1. The Bertz CT molecular complexity index is 1100. The summed E-state index contributed by atoms with van der Waals surface area (Å²) < 4.78 is 32.9. The second-order valence-electron chi connectivity index (χ2n) is 7.03. The molecule has 3 aromatic rings. The summed E-state index contributed by atoms with van der Waals surface area (Å²) in [7, 11) is -3.66. The monoisotopic (exact) mass is 438 g/mol. The van der Waals surface area contributed by atoms with Crippen molar-refractivity contribution in [3.63, 3.8) is 0 Å². The Morgan fingerprint density at radius 1 is 0.935 bits per heavy atom. The Hall–Kier alpha value is -3.32. The summed E-state index contributed by atoms with van der Waals surface area (Å²) in [6.07, 6.45) is 0. The minimum absolute atomic E-state index is 0.120. The quantitative estimate of drug-likeness (QED) is 0.550. The van der Waals surface area contributed by atoms with Crippen LogP contribution in [0.25, 0.3) is 0 Å². The zero-order chi connectivity index (χ0) is 22.3. The number of carbonyl (C=O) groups is 1. The van der Waals surface area contributed by atoms with Crippen molar-refractivity contribution in [2.24, 2.45) is 0 Å². The molecule has 0 spiro atoms. The molecule has 7 heteroatoms. The summed E-state index contributed by atoms with van der Waals surface area (Å²) in [5, 5.41) is 2.80. The first-order valence-electron chi connectivity index (χ1n) is 10.0. The Kier molecular flexibility index (Phi) is 7.31. The van der Waals surface area contributed by atoms with Crippen LogP contribution in [0.4, 0.5) is 5.69 Å². The number of amides is 1. The van der Waals surface area contributed by atoms with E-state index in [9.17, 15) is 13.2 Å². The minimum atomic E-state index is -3.66. The summed E-state index contributed by atoms with van der Waals surface area (Å²) in [5.74, 6) is 0.257. The van der Waals surface area contributed by atoms with Gasteiger partial charge in [0.15, 0.2) is 6.61 Å². The molecular formula is C24H26N2O4S. The van der Waals surface area contributed by atoms with Gasteiger partial charge < -0.3 is 10.1 Å².